The second-order valence-electron chi connectivity index (χ2n) is 12.3. The Labute approximate surface area is 234 Å². The summed E-state index contributed by atoms with van der Waals surface area (Å²) in [5.41, 5.74) is 3.46. The van der Waals surface area contributed by atoms with Gasteiger partial charge in [-0.25, -0.2) is 18.3 Å². The van der Waals surface area contributed by atoms with Crippen molar-refractivity contribution in [3.8, 4) is 17.2 Å². The highest BCUT2D eigenvalue weighted by atomic mass is 19.1. The summed E-state index contributed by atoms with van der Waals surface area (Å²) in [5, 5.41) is 13.5. The zero-order valence-electron chi connectivity index (χ0n) is 22.7. The van der Waals surface area contributed by atoms with Gasteiger partial charge in [0, 0.05) is 36.5 Å². The number of alkyl halides is 1. The first kappa shape index (κ1) is 23.6. The summed E-state index contributed by atoms with van der Waals surface area (Å²) < 4.78 is 37.4. The van der Waals surface area contributed by atoms with Crippen molar-refractivity contribution in [1.29, 1.82) is 0 Å². The molecule has 1 spiro atoms. The fourth-order valence-corrected chi connectivity index (χ4v) is 6.84. The van der Waals surface area contributed by atoms with Crippen molar-refractivity contribution >= 4 is 10.9 Å². The number of halogens is 2. The Balaban J connectivity index is 1.21. The molecule has 3 aliphatic carbocycles. The number of fused-ring (bicyclic) bond motifs is 3. The Kier molecular flexibility index (Phi) is 4.51. The fraction of sp³-hybridized carbons (Fsp3) is 0.387. The van der Waals surface area contributed by atoms with E-state index in [1.807, 2.05) is 40.6 Å². The molecule has 0 saturated heterocycles. The topological polar surface area (TPSA) is 74.6 Å². The van der Waals surface area contributed by atoms with Crippen LogP contribution in [0.4, 0.5) is 8.78 Å². The monoisotopic (exact) mass is 553 g/mol. The van der Waals surface area contributed by atoms with Crippen LogP contribution in [0.25, 0.3) is 28.1 Å². The molecule has 41 heavy (non-hydrogen) atoms. The molecule has 5 aromatic rings. The van der Waals surface area contributed by atoms with Crippen LogP contribution in [0, 0.1) is 12.7 Å². The van der Waals surface area contributed by atoms with Gasteiger partial charge in [-0.05, 0) is 80.8 Å². The van der Waals surface area contributed by atoms with Gasteiger partial charge in [-0.1, -0.05) is 6.07 Å². The molecule has 0 unspecified atom stereocenters. The van der Waals surface area contributed by atoms with Gasteiger partial charge >= 0.3 is 5.69 Å². The van der Waals surface area contributed by atoms with Crippen LogP contribution in [0.5, 0.6) is 0 Å². The van der Waals surface area contributed by atoms with Crippen molar-refractivity contribution in [2.45, 2.75) is 69.1 Å². The summed E-state index contributed by atoms with van der Waals surface area (Å²) in [6.45, 7) is 2.75. The van der Waals surface area contributed by atoms with Gasteiger partial charge in [-0.2, -0.15) is 10.2 Å². The molecule has 1 aliphatic heterocycles. The Morgan fingerprint density at radius 3 is 2.59 bits per heavy atom. The van der Waals surface area contributed by atoms with E-state index in [0.717, 1.165) is 72.2 Å². The van der Waals surface area contributed by atoms with Crippen molar-refractivity contribution < 1.29 is 8.78 Å². The molecule has 4 heterocycles. The second-order valence-corrected chi connectivity index (χ2v) is 12.3. The number of rotatable bonds is 5. The lowest BCUT2D eigenvalue weighted by Crippen LogP contribution is -2.37. The second kappa shape index (κ2) is 7.82. The lowest BCUT2D eigenvalue weighted by Gasteiger charge is -2.24. The van der Waals surface area contributed by atoms with E-state index in [-0.39, 0.29) is 16.9 Å². The number of hydrogen-bond donors (Lipinski definition) is 1. The molecule has 3 saturated carbocycles. The van der Waals surface area contributed by atoms with Crippen molar-refractivity contribution in [1.82, 2.24) is 34.0 Å². The average molecular weight is 554 g/mol. The van der Waals surface area contributed by atoms with Gasteiger partial charge in [0.05, 0.1) is 40.2 Å². The van der Waals surface area contributed by atoms with Gasteiger partial charge in [-0.15, -0.1) is 0 Å². The molecule has 3 aromatic heterocycles. The van der Waals surface area contributed by atoms with Gasteiger partial charge < -0.3 is 5.32 Å². The molecule has 0 bridgehead atoms. The van der Waals surface area contributed by atoms with Gasteiger partial charge in [-0.3, -0.25) is 13.8 Å². The molecule has 0 atom stereocenters. The molecule has 2 aromatic carbocycles. The first-order valence-electron chi connectivity index (χ1n) is 14.5. The van der Waals surface area contributed by atoms with Crippen LogP contribution in [0.2, 0.25) is 0 Å². The Hall–Kier alpha value is -4.05. The van der Waals surface area contributed by atoms with E-state index in [9.17, 15) is 9.18 Å². The standard InChI is InChI=1S/C31H29F2N7O/c1-18-16-20(4-5-22(18)30(33)9-10-30)40-28(26-23(36-40)8-13-34-31(26)11-12-31)38-15-14-37(29(38)41)25-7-6-24-21(27(25)32)17-35-39(24)19-2-3-19/h4-7,14-17,19,34H,2-3,8-13H2,1H3. The molecule has 0 radical (unpaired) electrons. The first-order chi connectivity index (χ1) is 19.9. The SMILES string of the molecule is Cc1cc(-n2nc3c(c2-n2ccn(-c4ccc5c(cnn5C5CC5)c4F)c2=O)C2(CC2)NCC3)ccc1C1(F)CC1. The summed E-state index contributed by atoms with van der Waals surface area (Å²) in [6.07, 6.45) is 10.7. The van der Waals surface area contributed by atoms with Crippen LogP contribution in [-0.4, -0.2) is 35.2 Å². The molecule has 3 fully saturated rings. The van der Waals surface area contributed by atoms with Crippen LogP contribution in [0.1, 0.15) is 67.0 Å². The molecular weight excluding hydrogens is 524 g/mol. The number of benzene rings is 2. The lowest BCUT2D eigenvalue weighted by molar-refractivity contribution is 0.316. The minimum absolute atomic E-state index is 0.189. The summed E-state index contributed by atoms with van der Waals surface area (Å²) in [6, 6.07) is 9.54. The van der Waals surface area contributed by atoms with Gasteiger partial charge in [0.1, 0.15) is 11.5 Å². The number of hydrogen-bond acceptors (Lipinski definition) is 4. The maximum absolute atomic E-state index is 15.8. The highest BCUT2D eigenvalue weighted by Crippen LogP contribution is 2.52. The third-order valence-corrected chi connectivity index (χ3v) is 9.47. The van der Waals surface area contributed by atoms with Crippen molar-refractivity contribution in [3.63, 3.8) is 0 Å². The van der Waals surface area contributed by atoms with E-state index < -0.39 is 11.5 Å². The summed E-state index contributed by atoms with van der Waals surface area (Å²) in [4.78, 5) is 14.1. The quantitative estimate of drug-likeness (QED) is 0.331. The van der Waals surface area contributed by atoms with Crippen LogP contribution in [0.15, 0.2) is 53.7 Å². The predicted molar refractivity (Wildman–Crippen MR) is 149 cm³/mol. The van der Waals surface area contributed by atoms with Crippen LogP contribution in [0.3, 0.4) is 0 Å². The van der Waals surface area contributed by atoms with Crippen LogP contribution < -0.4 is 11.0 Å². The fourth-order valence-electron chi connectivity index (χ4n) is 6.84. The van der Waals surface area contributed by atoms with E-state index in [4.69, 9.17) is 5.10 Å². The maximum atomic E-state index is 15.8. The Morgan fingerprint density at radius 1 is 1.05 bits per heavy atom. The third kappa shape index (κ3) is 3.31. The van der Waals surface area contributed by atoms with E-state index in [0.29, 0.717) is 30.1 Å². The average Bonchev–Trinajstić information content (AvgIpc) is 3.93. The summed E-state index contributed by atoms with van der Waals surface area (Å²) in [7, 11) is 0. The summed E-state index contributed by atoms with van der Waals surface area (Å²) in [5.74, 6) is 0.196. The van der Waals surface area contributed by atoms with E-state index >= 15 is 4.39 Å². The lowest BCUT2D eigenvalue weighted by atomic mass is 9.98. The smallest absolute Gasteiger partial charge is 0.307 e. The molecule has 9 rings (SSSR count). The van der Waals surface area contributed by atoms with Crippen molar-refractivity contribution in [3.05, 3.63) is 87.6 Å². The molecule has 0 amide bonds. The zero-order chi connectivity index (χ0) is 27.7. The molecule has 8 nitrogen and oxygen atoms in total. The third-order valence-electron chi connectivity index (χ3n) is 9.47. The normalized spacial score (nSPS) is 20.1. The number of aryl methyl sites for hydroxylation is 1. The zero-order valence-corrected chi connectivity index (χ0v) is 22.7. The minimum Gasteiger partial charge on any atom is -0.307 e. The van der Waals surface area contributed by atoms with Gasteiger partial charge in [0.2, 0.25) is 0 Å². The van der Waals surface area contributed by atoms with E-state index in [1.165, 1.54) is 4.57 Å². The summed E-state index contributed by atoms with van der Waals surface area (Å²) >= 11 is 0. The van der Waals surface area contributed by atoms with Crippen LogP contribution in [-0.2, 0) is 17.6 Å². The Morgan fingerprint density at radius 2 is 1.85 bits per heavy atom. The molecular formula is C31H29F2N7O. The number of nitrogens with one attached hydrogen (secondary N) is 1. The molecule has 4 aliphatic rings. The van der Waals surface area contributed by atoms with E-state index in [1.54, 1.807) is 29.2 Å². The Bertz CT molecular complexity index is 1970. The van der Waals surface area contributed by atoms with E-state index in [2.05, 4.69) is 10.4 Å². The largest absolute Gasteiger partial charge is 0.338 e. The number of nitrogens with zero attached hydrogens (tertiary/aromatic N) is 6. The highest BCUT2D eigenvalue weighted by molar-refractivity contribution is 5.82. The minimum atomic E-state index is -1.23. The molecule has 1 N–H and O–H groups in total. The van der Waals surface area contributed by atoms with Crippen molar-refractivity contribution in [2.75, 3.05) is 6.54 Å². The predicted octanol–water partition coefficient (Wildman–Crippen LogP) is 5.04. The van der Waals surface area contributed by atoms with Gasteiger partial charge in [0.15, 0.2) is 5.82 Å². The number of imidazole rings is 1. The molecule has 208 valence electrons. The van der Waals surface area contributed by atoms with Gasteiger partial charge in [0.25, 0.3) is 0 Å². The maximum Gasteiger partial charge on any atom is 0.338 e. The number of aromatic nitrogens is 6. The van der Waals surface area contributed by atoms with Crippen LogP contribution >= 0.6 is 0 Å². The van der Waals surface area contributed by atoms with Crippen molar-refractivity contribution in [2.24, 2.45) is 0 Å². The molecule has 10 heteroatoms. The first-order valence-corrected chi connectivity index (χ1v) is 14.5. The highest BCUT2D eigenvalue weighted by Gasteiger charge is 2.51.